The summed E-state index contributed by atoms with van der Waals surface area (Å²) in [5, 5.41) is 13.9. The molecule has 0 spiro atoms. The van der Waals surface area contributed by atoms with Gasteiger partial charge in [-0.05, 0) is 24.2 Å². The smallest absolute Gasteiger partial charge is 0.244 e. The predicted octanol–water partition coefficient (Wildman–Crippen LogP) is 0.567. The third-order valence-electron chi connectivity index (χ3n) is 6.20. The van der Waals surface area contributed by atoms with Crippen LogP contribution in [0.5, 0.6) is 0 Å². The highest BCUT2D eigenvalue weighted by atomic mass is 33.1. The lowest BCUT2D eigenvalue weighted by atomic mass is 9.96. The molecule has 0 unspecified atom stereocenters. The maximum Gasteiger partial charge on any atom is 0.244 e. The Morgan fingerprint density at radius 1 is 0.686 bits per heavy atom. The largest absolute Gasteiger partial charge is 0.343 e. The molecule has 5 amide bonds. The van der Waals surface area contributed by atoms with Crippen molar-refractivity contribution in [3.63, 3.8) is 0 Å². The van der Waals surface area contributed by atoms with Gasteiger partial charge in [0.25, 0.3) is 0 Å². The van der Waals surface area contributed by atoms with Crippen molar-refractivity contribution in [1.82, 2.24) is 26.6 Å². The molecule has 0 radical (unpaired) electrons. The molecule has 2 rings (SSSR count). The number of hydrogen-bond acceptors (Lipinski definition) is 7. The Balaban J connectivity index is 2.49. The van der Waals surface area contributed by atoms with Crippen molar-refractivity contribution in [1.29, 1.82) is 0 Å². The van der Waals surface area contributed by atoms with Gasteiger partial charge in [0, 0.05) is 11.5 Å². The van der Waals surface area contributed by atoms with Crippen LogP contribution in [0.1, 0.15) is 54.4 Å². The van der Waals surface area contributed by atoms with Crippen LogP contribution in [-0.4, -0.2) is 71.3 Å². The van der Waals surface area contributed by atoms with E-state index in [0.717, 1.165) is 0 Å². The van der Waals surface area contributed by atoms with Crippen LogP contribution in [0.4, 0.5) is 0 Å². The lowest BCUT2D eigenvalue weighted by Gasteiger charge is -2.29. The molecular formula is C23H39N5O5S2. The summed E-state index contributed by atoms with van der Waals surface area (Å²) >= 11 is 0. The molecule has 2 bridgehead atoms. The minimum atomic E-state index is -0.893. The second kappa shape index (κ2) is 13.4. The Morgan fingerprint density at radius 2 is 1.17 bits per heavy atom. The molecule has 198 valence electrons. The van der Waals surface area contributed by atoms with E-state index in [2.05, 4.69) is 26.6 Å². The van der Waals surface area contributed by atoms with Crippen LogP contribution in [0.2, 0.25) is 0 Å². The molecule has 0 aromatic rings. The normalized spacial score (nSPS) is 30.2. The van der Waals surface area contributed by atoms with Crippen LogP contribution in [0.3, 0.4) is 0 Å². The van der Waals surface area contributed by atoms with Gasteiger partial charge in [0.05, 0.1) is 0 Å². The van der Waals surface area contributed by atoms with Gasteiger partial charge in [-0.25, -0.2) is 0 Å². The maximum absolute atomic E-state index is 13.3. The van der Waals surface area contributed by atoms with E-state index in [1.807, 2.05) is 27.7 Å². The predicted molar refractivity (Wildman–Crippen MR) is 138 cm³/mol. The molecule has 12 heteroatoms. The summed E-state index contributed by atoms with van der Waals surface area (Å²) in [4.78, 5) is 65.8. The van der Waals surface area contributed by atoms with Crippen LogP contribution in [0.25, 0.3) is 0 Å². The topological polar surface area (TPSA) is 146 Å². The monoisotopic (exact) mass is 529 g/mol. The summed E-state index contributed by atoms with van der Waals surface area (Å²) in [5.41, 5.74) is 0. The zero-order valence-corrected chi connectivity index (χ0v) is 22.9. The van der Waals surface area contributed by atoms with Crippen LogP contribution in [-0.2, 0) is 24.0 Å². The number of hydrogen-bond donors (Lipinski definition) is 5. The van der Waals surface area contributed by atoms with Crippen molar-refractivity contribution in [3.05, 3.63) is 0 Å². The fraction of sp³-hybridized carbons (Fsp3) is 0.783. The molecule has 0 aliphatic carbocycles. The van der Waals surface area contributed by atoms with Crippen molar-refractivity contribution in [2.75, 3.05) is 11.5 Å². The maximum atomic E-state index is 13.3. The van der Waals surface area contributed by atoms with Gasteiger partial charge < -0.3 is 26.6 Å². The second-order valence-electron chi connectivity index (χ2n) is 9.98. The number of amides is 5. The van der Waals surface area contributed by atoms with E-state index in [9.17, 15) is 24.0 Å². The average Bonchev–Trinajstić information content (AvgIpc) is 2.77. The van der Waals surface area contributed by atoms with Crippen molar-refractivity contribution in [3.8, 4) is 0 Å². The van der Waals surface area contributed by atoms with E-state index in [-0.39, 0.29) is 17.8 Å². The first-order valence-corrected chi connectivity index (χ1v) is 14.7. The molecule has 2 heterocycles. The minimum Gasteiger partial charge on any atom is -0.343 e. The first-order valence-electron chi connectivity index (χ1n) is 12.2. The average molecular weight is 530 g/mol. The van der Waals surface area contributed by atoms with Gasteiger partial charge in [0.15, 0.2) is 0 Å². The van der Waals surface area contributed by atoms with Gasteiger partial charge in [-0.1, -0.05) is 69.6 Å². The number of rotatable bonds is 5. The van der Waals surface area contributed by atoms with Gasteiger partial charge in [-0.15, -0.1) is 0 Å². The highest BCUT2D eigenvalue weighted by molar-refractivity contribution is 8.76. The Kier molecular flexibility index (Phi) is 11.2. The number of carbonyl (C=O) groups is 5. The Bertz CT molecular complexity index is 809. The molecular weight excluding hydrogens is 490 g/mol. The van der Waals surface area contributed by atoms with E-state index in [1.54, 1.807) is 13.8 Å². The molecule has 0 aromatic heterocycles. The number of carbonyl (C=O) groups excluding carboxylic acids is 5. The van der Waals surface area contributed by atoms with Gasteiger partial charge in [-0.2, -0.15) is 0 Å². The van der Waals surface area contributed by atoms with Crippen LogP contribution >= 0.6 is 21.6 Å². The molecule has 0 saturated carbocycles. The van der Waals surface area contributed by atoms with Gasteiger partial charge in [0.1, 0.15) is 30.2 Å². The lowest BCUT2D eigenvalue weighted by molar-refractivity contribution is -0.135. The molecule has 5 N–H and O–H groups in total. The summed E-state index contributed by atoms with van der Waals surface area (Å²) in [5.74, 6) is -2.10. The van der Waals surface area contributed by atoms with Gasteiger partial charge >= 0.3 is 0 Å². The summed E-state index contributed by atoms with van der Waals surface area (Å²) in [7, 11) is 2.80. The molecule has 2 fully saturated rings. The molecule has 2 saturated heterocycles. The Labute approximate surface area is 215 Å². The first-order chi connectivity index (χ1) is 16.4. The SMILES string of the molecule is CC[C@H](C)[C@@H]1NC(=O)[C@@H](CC(C)C)NC(=O)[C@H](C(C)C)NC(=O)[C@H]2CSSC[C@@H](NC1=O)C(=O)N2. The zero-order valence-electron chi connectivity index (χ0n) is 21.3. The third-order valence-corrected chi connectivity index (χ3v) is 8.62. The minimum absolute atomic E-state index is 0.0924. The molecule has 10 nitrogen and oxygen atoms in total. The van der Waals surface area contributed by atoms with E-state index < -0.39 is 59.7 Å². The Morgan fingerprint density at radius 3 is 1.69 bits per heavy atom. The second-order valence-corrected chi connectivity index (χ2v) is 12.5. The number of fused-ring (bicyclic) bond motifs is 3. The highest BCUT2D eigenvalue weighted by Crippen LogP contribution is 2.25. The van der Waals surface area contributed by atoms with Crippen molar-refractivity contribution in [2.45, 2.75) is 84.6 Å². The number of nitrogens with one attached hydrogen (secondary N) is 5. The summed E-state index contributed by atoms with van der Waals surface area (Å²) in [6.45, 7) is 11.2. The first kappa shape index (κ1) is 29.3. The van der Waals surface area contributed by atoms with Crippen molar-refractivity contribution >= 4 is 51.1 Å². The molecule has 0 aromatic carbocycles. The summed E-state index contributed by atoms with van der Waals surface area (Å²) in [6.07, 6.45) is 0.987. The van der Waals surface area contributed by atoms with Crippen molar-refractivity contribution in [2.24, 2.45) is 17.8 Å². The van der Waals surface area contributed by atoms with Crippen LogP contribution in [0, 0.1) is 17.8 Å². The molecule has 35 heavy (non-hydrogen) atoms. The van der Waals surface area contributed by atoms with Crippen LogP contribution in [0.15, 0.2) is 0 Å². The molecule has 2 aliphatic rings. The van der Waals surface area contributed by atoms with Gasteiger partial charge in [-0.3, -0.25) is 24.0 Å². The molecule has 6 atom stereocenters. The fourth-order valence-electron chi connectivity index (χ4n) is 3.84. The standard InChI is InChI=1S/C23H39N5O5S2/c1-7-13(6)18-23(33)26-15-9-34-35-10-16(25-20(15)30)21(31)27-17(12(4)5)22(32)24-14(8-11(2)3)19(29)28-18/h11-18H,7-10H2,1-6H3,(H,24,32)(H,25,30)(H,26,33)(H,27,31)(H,28,29)/t13-,14+,15+,16+,17-,18-/m0/s1. The quantitative estimate of drug-likeness (QED) is 0.327. The Hall–Kier alpha value is -1.95. The molecule has 2 aliphatic heterocycles. The van der Waals surface area contributed by atoms with Gasteiger partial charge in [0.2, 0.25) is 29.5 Å². The van der Waals surface area contributed by atoms with E-state index >= 15 is 0 Å². The highest BCUT2D eigenvalue weighted by Gasteiger charge is 2.37. The van der Waals surface area contributed by atoms with E-state index in [1.165, 1.54) is 21.6 Å². The van der Waals surface area contributed by atoms with Crippen LogP contribution < -0.4 is 26.6 Å². The summed E-state index contributed by atoms with van der Waals surface area (Å²) in [6, 6.07) is -4.38. The van der Waals surface area contributed by atoms with Crippen molar-refractivity contribution < 1.29 is 24.0 Å². The zero-order chi connectivity index (χ0) is 26.3. The van der Waals surface area contributed by atoms with E-state index in [0.29, 0.717) is 24.3 Å². The summed E-state index contributed by atoms with van der Waals surface area (Å²) < 4.78 is 0. The lowest BCUT2D eigenvalue weighted by Crippen LogP contribution is -2.60. The van der Waals surface area contributed by atoms with E-state index in [4.69, 9.17) is 0 Å². The fourth-order valence-corrected chi connectivity index (χ4v) is 6.17. The third kappa shape index (κ3) is 8.30.